The Kier molecular flexibility index (Phi) is 8.34. The molecule has 1 N–H and O–H groups in total. The minimum Gasteiger partial charge on any atom is -0.497 e. The minimum absolute atomic E-state index is 0.0239. The number of likely N-dealkylation sites (N-methyl/N-ethyl adjacent to an activating group) is 1. The number of hydrazone groups is 1. The predicted octanol–water partition coefficient (Wildman–Crippen LogP) is 4.02. The maximum atomic E-state index is 12.4. The van der Waals surface area contributed by atoms with Crippen molar-refractivity contribution in [2.75, 3.05) is 26.2 Å². The molecule has 37 heavy (non-hydrogen) atoms. The molecule has 2 heterocycles. The molecule has 0 bridgehead atoms. The van der Waals surface area contributed by atoms with Gasteiger partial charge in [-0.15, -0.1) is 0 Å². The van der Waals surface area contributed by atoms with Gasteiger partial charge in [-0.2, -0.15) is 5.10 Å². The summed E-state index contributed by atoms with van der Waals surface area (Å²) in [5.74, 6) is 0.474. The summed E-state index contributed by atoms with van der Waals surface area (Å²) in [6, 6.07) is 13.6. The van der Waals surface area contributed by atoms with Crippen molar-refractivity contribution in [2.45, 2.75) is 32.4 Å². The number of carbonyl (C=O) groups excluding carboxylic acids is 1. The largest absolute Gasteiger partial charge is 0.497 e. The third kappa shape index (κ3) is 5.56. The summed E-state index contributed by atoms with van der Waals surface area (Å²) in [7, 11) is 4.61. The van der Waals surface area contributed by atoms with E-state index in [0.717, 1.165) is 28.3 Å². The first-order valence-electron chi connectivity index (χ1n) is 11.7. The number of benzene rings is 2. The molecule has 2 aliphatic heterocycles. The van der Waals surface area contributed by atoms with E-state index in [2.05, 4.69) is 32.6 Å². The second kappa shape index (κ2) is 11.8. The van der Waals surface area contributed by atoms with Crippen molar-refractivity contribution in [2.24, 2.45) is 15.4 Å². The highest BCUT2D eigenvalue weighted by molar-refractivity contribution is 8.04. The van der Waals surface area contributed by atoms with Gasteiger partial charge < -0.3 is 19.7 Å². The highest BCUT2D eigenvalue weighted by atomic mass is 32.2. The second-order valence-corrected chi connectivity index (χ2v) is 9.47. The summed E-state index contributed by atoms with van der Waals surface area (Å²) in [5.41, 5.74) is 4.65. The summed E-state index contributed by atoms with van der Waals surface area (Å²) < 4.78 is 5.26. The number of anilines is 1. The first-order valence-corrected chi connectivity index (χ1v) is 12.5. The van der Waals surface area contributed by atoms with Gasteiger partial charge in [-0.1, -0.05) is 40.3 Å². The fraction of sp³-hybridized carbons (Fsp3) is 0.308. The Labute approximate surface area is 220 Å². The highest BCUT2D eigenvalue weighted by Crippen LogP contribution is 2.44. The van der Waals surface area contributed by atoms with Gasteiger partial charge in [-0.05, 0) is 43.7 Å². The molecule has 0 spiro atoms. The standard InChI is InChI=1S/C26H30N6O4S/c1-17-7-6-8-19(23(17)24(30-35-5)25(33)27-3)15-36-29-14-13-22-18(2)37-26-31(16-28-32(22)26)20-9-11-21(34-4)12-10-20/h6-12,14,16,26H,13,15H2,1-5H3,(H,27,33)/b29-14?,30-24+. The molecule has 0 fully saturated rings. The van der Waals surface area contributed by atoms with Crippen LogP contribution in [0.15, 0.2) is 68.5 Å². The second-order valence-electron chi connectivity index (χ2n) is 8.20. The third-order valence-corrected chi connectivity index (χ3v) is 7.18. The van der Waals surface area contributed by atoms with Crippen LogP contribution < -0.4 is 15.0 Å². The van der Waals surface area contributed by atoms with Gasteiger partial charge in [0.05, 0.1) is 12.8 Å². The first-order chi connectivity index (χ1) is 18.0. The number of nitrogens with one attached hydrogen (secondary N) is 1. The molecule has 0 saturated carbocycles. The van der Waals surface area contributed by atoms with Crippen LogP contribution in [0.1, 0.15) is 30.0 Å². The Hall–Kier alpha value is -3.99. The summed E-state index contributed by atoms with van der Waals surface area (Å²) in [6.07, 6.45) is 4.13. The molecule has 1 atom stereocenters. The number of methoxy groups -OCH3 is 1. The van der Waals surface area contributed by atoms with Crippen LogP contribution in [-0.4, -0.2) is 55.9 Å². The molecule has 4 rings (SSSR count). The van der Waals surface area contributed by atoms with Crippen molar-refractivity contribution < 1.29 is 19.2 Å². The number of hydrogen-bond acceptors (Lipinski definition) is 10. The van der Waals surface area contributed by atoms with Crippen LogP contribution in [0.25, 0.3) is 0 Å². The highest BCUT2D eigenvalue weighted by Gasteiger charge is 2.38. The van der Waals surface area contributed by atoms with Crippen LogP contribution in [0, 0.1) is 6.92 Å². The van der Waals surface area contributed by atoms with E-state index in [1.54, 1.807) is 32.1 Å². The molecule has 0 aliphatic carbocycles. The third-order valence-electron chi connectivity index (χ3n) is 5.96. The molecular weight excluding hydrogens is 492 g/mol. The van der Waals surface area contributed by atoms with Crippen molar-refractivity contribution in [1.82, 2.24) is 10.3 Å². The quantitative estimate of drug-likeness (QED) is 0.372. The van der Waals surface area contributed by atoms with Gasteiger partial charge in [0.1, 0.15) is 25.8 Å². The number of oxime groups is 2. The van der Waals surface area contributed by atoms with E-state index in [9.17, 15) is 4.79 Å². The molecule has 2 aliphatic rings. The smallest absolute Gasteiger partial charge is 0.273 e. The summed E-state index contributed by atoms with van der Waals surface area (Å²) in [5, 5.41) is 17.3. The van der Waals surface area contributed by atoms with Gasteiger partial charge in [-0.3, -0.25) is 9.69 Å². The van der Waals surface area contributed by atoms with Crippen LogP contribution in [0.5, 0.6) is 5.75 Å². The van der Waals surface area contributed by atoms with Crippen LogP contribution >= 0.6 is 11.8 Å². The molecule has 194 valence electrons. The number of nitrogens with zero attached hydrogens (tertiary/aromatic N) is 5. The van der Waals surface area contributed by atoms with Gasteiger partial charge in [0.25, 0.3) is 5.91 Å². The van der Waals surface area contributed by atoms with Crippen LogP contribution in [0.3, 0.4) is 0 Å². The molecule has 0 radical (unpaired) electrons. The van der Waals surface area contributed by atoms with E-state index >= 15 is 0 Å². The lowest BCUT2D eigenvalue weighted by Gasteiger charge is -2.25. The van der Waals surface area contributed by atoms with Gasteiger partial charge in [0.15, 0.2) is 11.2 Å². The Morgan fingerprint density at radius 1 is 1.19 bits per heavy atom. The lowest BCUT2D eigenvalue weighted by atomic mass is 9.97. The first kappa shape index (κ1) is 26.1. The number of fused-ring (bicyclic) bond motifs is 1. The number of hydrogen-bond donors (Lipinski definition) is 1. The predicted molar refractivity (Wildman–Crippen MR) is 147 cm³/mol. The molecule has 1 amide bonds. The van der Waals surface area contributed by atoms with Crippen molar-refractivity contribution in [3.8, 4) is 5.75 Å². The number of amides is 1. The van der Waals surface area contributed by atoms with Crippen LogP contribution in [0.4, 0.5) is 5.69 Å². The number of carbonyl (C=O) groups is 1. The average Bonchev–Trinajstić information content (AvgIpc) is 3.45. The van der Waals surface area contributed by atoms with E-state index in [1.165, 1.54) is 12.0 Å². The Bertz CT molecular complexity index is 1260. The normalized spacial score (nSPS) is 17.0. The minimum atomic E-state index is -0.341. The van der Waals surface area contributed by atoms with E-state index < -0.39 is 0 Å². The van der Waals surface area contributed by atoms with Gasteiger partial charge in [0, 0.05) is 41.4 Å². The number of aryl methyl sites for hydroxylation is 1. The molecule has 0 saturated heterocycles. The Balaban J connectivity index is 1.38. The van der Waals surface area contributed by atoms with Gasteiger partial charge in [0.2, 0.25) is 0 Å². The number of allylic oxidation sites excluding steroid dienone is 2. The maximum Gasteiger partial charge on any atom is 0.273 e. The Morgan fingerprint density at radius 2 is 1.97 bits per heavy atom. The fourth-order valence-corrected chi connectivity index (χ4v) is 5.31. The lowest BCUT2D eigenvalue weighted by molar-refractivity contribution is -0.114. The van der Waals surface area contributed by atoms with Crippen LogP contribution in [0.2, 0.25) is 0 Å². The molecular formula is C26H30N6O4S. The fourth-order valence-electron chi connectivity index (χ4n) is 4.11. The van der Waals surface area contributed by atoms with E-state index in [-0.39, 0.29) is 23.7 Å². The average molecular weight is 523 g/mol. The van der Waals surface area contributed by atoms with Crippen molar-refractivity contribution in [1.29, 1.82) is 0 Å². The molecule has 0 aromatic heterocycles. The van der Waals surface area contributed by atoms with Crippen LogP contribution in [-0.2, 0) is 21.1 Å². The maximum absolute atomic E-state index is 12.4. The van der Waals surface area contributed by atoms with Crippen molar-refractivity contribution in [3.63, 3.8) is 0 Å². The molecule has 10 nitrogen and oxygen atoms in total. The summed E-state index contributed by atoms with van der Waals surface area (Å²) in [6.45, 7) is 4.17. The number of thioether (sulfide) groups is 1. The monoisotopic (exact) mass is 522 g/mol. The van der Waals surface area contributed by atoms with Gasteiger partial charge in [-0.25, -0.2) is 5.01 Å². The van der Waals surface area contributed by atoms with E-state index in [1.807, 2.05) is 60.7 Å². The zero-order chi connectivity index (χ0) is 26.4. The number of ether oxygens (including phenoxy) is 1. The molecule has 1 unspecified atom stereocenters. The SMILES string of the molecule is CNC(=O)/C(=N/OC)c1c(C)cccc1CON=CCC1=C(C)SC2N1N=CN2c1ccc(OC)cc1. The number of rotatable bonds is 10. The zero-order valence-electron chi connectivity index (χ0n) is 21.5. The summed E-state index contributed by atoms with van der Waals surface area (Å²) >= 11 is 1.74. The molecule has 2 aromatic carbocycles. The van der Waals surface area contributed by atoms with Crippen molar-refractivity contribution >= 4 is 41.6 Å². The lowest BCUT2D eigenvalue weighted by Crippen LogP contribution is -2.33. The van der Waals surface area contributed by atoms with E-state index in [0.29, 0.717) is 12.0 Å². The Morgan fingerprint density at radius 3 is 2.68 bits per heavy atom. The van der Waals surface area contributed by atoms with Crippen molar-refractivity contribution in [3.05, 3.63) is 69.8 Å². The zero-order valence-corrected chi connectivity index (χ0v) is 22.3. The molecule has 2 aromatic rings. The van der Waals surface area contributed by atoms with Gasteiger partial charge >= 0.3 is 0 Å². The summed E-state index contributed by atoms with van der Waals surface area (Å²) in [4.78, 5) is 26.2. The molecule has 11 heteroatoms. The van der Waals surface area contributed by atoms with E-state index in [4.69, 9.17) is 14.4 Å². The topological polar surface area (TPSA) is 100 Å².